The zero-order valence-electron chi connectivity index (χ0n) is 14.1. The van der Waals surface area contributed by atoms with Crippen LogP contribution in [0.4, 0.5) is 5.69 Å². The van der Waals surface area contributed by atoms with Gasteiger partial charge in [-0.15, -0.1) is 0 Å². The first-order valence-corrected chi connectivity index (χ1v) is 8.94. The molecule has 2 aromatic rings. The maximum absolute atomic E-state index is 5.41. The van der Waals surface area contributed by atoms with Crippen molar-refractivity contribution in [3.8, 4) is 5.75 Å². The number of hydrogen-bond acceptors (Lipinski definition) is 2. The predicted molar refractivity (Wildman–Crippen MR) is 107 cm³/mol. The molecule has 4 nitrogen and oxygen atoms in total. The molecule has 0 bridgehead atoms. The second kappa shape index (κ2) is 9.01. The number of anilines is 1. The van der Waals surface area contributed by atoms with Crippen LogP contribution in [0.1, 0.15) is 11.6 Å². The molecule has 2 rings (SSSR count). The molecule has 0 heterocycles. The van der Waals surface area contributed by atoms with E-state index in [0.717, 1.165) is 22.5 Å². The van der Waals surface area contributed by atoms with Gasteiger partial charge in [-0.2, -0.15) is 0 Å². The highest BCUT2D eigenvalue weighted by Crippen LogP contribution is 2.17. The van der Waals surface area contributed by atoms with Gasteiger partial charge in [-0.05, 0) is 42.5 Å². The molecule has 128 valence electrons. The summed E-state index contributed by atoms with van der Waals surface area (Å²) in [5, 5.41) is 7.13. The lowest BCUT2D eigenvalue weighted by atomic mass is 10.1. The van der Waals surface area contributed by atoms with Crippen LogP contribution in [0, 0.1) is 0 Å². The van der Waals surface area contributed by atoms with Gasteiger partial charge in [-0.3, -0.25) is 0 Å². The van der Waals surface area contributed by atoms with Crippen molar-refractivity contribution in [3.05, 3.63) is 58.6 Å². The van der Waals surface area contributed by atoms with E-state index >= 15 is 0 Å². The van der Waals surface area contributed by atoms with Crippen LogP contribution >= 0.6 is 28.1 Å². The van der Waals surface area contributed by atoms with Crippen molar-refractivity contribution in [3.63, 3.8) is 0 Å². The highest BCUT2D eigenvalue weighted by atomic mass is 79.9. The van der Waals surface area contributed by atoms with Crippen molar-refractivity contribution in [1.82, 2.24) is 5.32 Å². The van der Waals surface area contributed by atoms with Crippen LogP contribution in [-0.2, 0) is 0 Å². The Kier molecular flexibility index (Phi) is 7.02. The molecule has 0 radical (unpaired) electrons. The molecule has 0 fully saturated rings. The molecule has 6 heteroatoms. The van der Waals surface area contributed by atoms with E-state index in [0.29, 0.717) is 5.11 Å². The van der Waals surface area contributed by atoms with E-state index in [1.54, 1.807) is 7.11 Å². The Morgan fingerprint density at radius 1 is 1.21 bits per heavy atom. The first kappa shape index (κ1) is 18.7. The van der Waals surface area contributed by atoms with E-state index in [2.05, 4.69) is 52.8 Å². The van der Waals surface area contributed by atoms with Crippen LogP contribution in [-0.4, -0.2) is 32.9 Å². The zero-order chi connectivity index (χ0) is 17.5. The van der Waals surface area contributed by atoms with Crippen molar-refractivity contribution in [2.45, 2.75) is 6.04 Å². The molecule has 0 aromatic heterocycles. The Morgan fingerprint density at radius 3 is 2.62 bits per heavy atom. The van der Waals surface area contributed by atoms with Crippen LogP contribution in [0.15, 0.2) is 53.0 Å². The van der Waals surface area contributed by atoms with E-state index in [-0.39, 0.29) is 6.04 Å². The number of likely N-dealkylation sites (N-methyl/N-ethyl adjacent to an activating group) is 1. The summed E-state index contributed by atoms with van der Waals surface area (Å²) >= 11 is 8.87. The lowest BCUT2D eigenvalue weighted by molar-refractivity contribution is -0.890. The van der Waals surface area contributed by atoms with Crippen LogP contribution in [0.2, 0.25) is 0 Å². The number of nitrogens with one attached hydrogen (secondary N) is 3. The minimum Gasteiger partial charge on any atom is -0.497 e. The van der Waals surface area contributed by atoms with E-state index < -0.39 is 0 Å². The summed E-state index contributed by atoms with van der Waals surface area (Å²) in [7, 11) is 5.96. The van der Waals surface area contributed by atoms with Gasteiger partial charge in [-0.25, -0.2) is 0 Å². The standard InChI is InChI=1S/C18H22BrN3OS/c1-22(2)17(13-6-4-9-16(10-13)23-3)12-20-18(24)21-15-8-5-7-14(19)11-15/h4-11,17H,12H2,1-3H3,(H2,20,21,24)/p+1/t17-/m0/s1. The number of halogens is 1. The molecule has 0 spiro atoms. The predicted octanol–water partition coefficient (Wildman–Crippen LogP) is 2.63. The topological polar surface area (TPSA) is 37.7 Å². The second-order valence-corrected chi connectivity index (χ2v) is 7.08. The number of benzene rings is 2. The monoisotopic (exact) mass is 408 g/mol. The minimum absolute atomic E-state index is 0.266. The van der Waals surface area contributed by atoms with Gasteiger partial charge in [0.1, 0.15) is 11.8 Å². The summed E-state index contributed by atoms with van der Waals surface area (Å²) in [6, 6.07) is 16.4. The van der Waals surface area contributed by atoms with Gasteiger partial charge in [0.25, 0.3) is 0 Å². The molecule has 0 amide bonds. The fourth-order valence-corrected chi connectivity index (χ4v) is 3.05. The van der Waals surface area contributed by atoms with Gasteiger partial charge in [0, 0.05) is 15.7 Å². The van der Waals surface area contributed by atoms with Crippen LogP contribution < -0.4 is 20.3 Å². The van der Waals surface area contributed by atoms with E-state index in [1.165, 1.54) is 10.5 Å². The Bertz CT molecular complexity index is 693. The third-order valence-corrected chi connectivity index (χ3v) is 4.48. The third-order valence-electron chi connectivity index (χ3n) is 3.74. The Morgan fingerprint density at radius 2 is 1.96 bits per heavy atom. The molecular formula is C18H23BrN3OS+. The van der Waals surface area contributed by atoms with Crippen LogP contribution in [0.25, 0.3) is 0 Å². The first-order chi connectivity index (χ1) is 11.5. The number of hydrogen-bond donors (Lipinski definition) is 3. The molecule has 0 aliphatic rings. The largest absolute Gasteiger partial charge is 0.497 e. The quantitative estimate of drug-likeness (QED) is 0.642. The molecule has 24 heavy (non-hydrogen) atoms. The van der Waals surface area contributed by atoms with Gasteiger partial charge < -0.3 is 20.3 Å². The van der Waals surface area contributed by atoms with E-state index in [4.69, 9.17) is 17.0 Å². The maximum Gasteiger partial charge on any atom is 0.171 e. The first-order valence-electron chi connectivity index (χ1n) is 7.74. The Labute approximate surface area is 157 Å². The van der Waals surface area contributed by atoms with Gasteiger partial charge in [-0.1, -0.05) is 34.1 Å². The second-order valence-electron chi connectivity index (χ2n) is 5.75. The molecule has 0 unspecified atom stereocenters. The lowest BCUT2D eigenvalue weighted by Crippen LogP contribution is -3.07. The Hall–Kier alpha value is -1.63. The summed E-state index contributed by atoms with van der Waals surface area (Å²) in [6.07, 6.45) is 0. The highest BCUT2D eigenvalue weighted by molar-refractivity contribution is 9.10. The lowest BCUT2D eigenvalue weighted by Gasteiger charge is -2.23. The number of methoxy groups -OCH3 is 1. The van der Waals surface area contributed by atoms with Gasteiger partial charge in [0.05, 0.1) is 27.7 Å². The third kappa shape index (κ3) is 5.47. The average molecular weight is 409 g/mol. The van der Waals surface area contributed by atoms with Crippen molar-refractivity contribution >= 4 is 38.9 Å². The number of rotatable bonds is 6. The SMILES string of the molecule is COc1cccc([C@H](CNC(=S)Nc2cccc(Br)c2)[NH+](C)C)c1. The molecule has 0 saturated heterocycles. The van der Waals surface area contributed by atoms with Crippen LogP contribution in [0.5, 0.6) is 5.75 Å². The average Bonchev–Trinajstić information content (AvgIpc) is 2.55. The van der Waals surface area contributed by atoms with E-state index in [9.17, 15) is 0 Å². The molecule has 0 aliphatic heterocycles. The van der Waals surface area contributed by atoms with Crippen molar-refractivity contribution in [1.29, 1.82) is 0 Å². The van der Waals surface area contributed by atoms with Gasteiger partial charge in [0.15, 0.2) is 5.11 Å². The van der Waals surface area contributed by atoms with Gasteiger partial charge >= 0.3 is 0 Å². The molecule has 2 aromatic carbocycles. The number of thiocarbonyl (C=S) groups is 1. The van der Waals surface area contributed by atoms with Crippen molar-refractivity contribution < 1.29 is 9.64 Å². The van der Waals surface area contributed by atoms with E-state index in [1.807, 2.05) is 36.4 Å². The summed E-state index contributed by atoms with van der Waals surface area (Å²) in [6.45, 7) is 0.731. The molecule has 0 aliphatic carbocycles. The molecule has 3 N–H and O–H groups in total. The fraction of sp³-hybridized carbons (Fsp3) is 0.278. The smallest absolute Gasteiger partial charge is 0.171 e. The minimum atomic E-state index is 0.266. The molecular weight excluding hydrogens is 386 g/mol. The maximum atomic E-state index is 5.41. The van der Waals surface area contributed by atoms with Gasteiger partial charge in [0.2, 0.25) is 0 Å². The summed E-state index contributed by atoms with van der Waals surface area (Å²) < 4.78 is 6.34. The highest BCUT2D eigenvalue weighted by Gasteiger charge is 2.18. The number of ether oxygens (including phenoxy) is 1. The van der Waals surface area contributed by atoms with Crippen LogP contribution in [0.3, 0.4) is 0 Å². The zero-order valence-corrected chi connectivity index (χ0v) is 16.5. The normalized spacial score (nSPS) is 11.9. The Balaban J connectivity index is 1.99. The summed E-state index contributed by atoms with van der Waals surface area (Å²) in [4.78, 5) is 1.32. The van der Waals surface area contributed by atoms with Crippen molar-refractivity contribution in [2.75, 3.05) is 33.1 Å². The summed E-state index contributed by atoms with van der Waals surface area (Å²) in [5.41, 5.74) is 2.17. The summed E-state index contributed by atoms with van der Waals surface area (Å²) in [5.74, 6) is 0.869. The van der Waals surface area contributed by atoms with Crippen molar-refractivity contribution in [2.24, 2.45) is 0 Å². The fourth-order valence-electron chi connectivity index (χ4n) is 2.45. The molecule has 0 saturated carbocycles. The number of quaternary nitrogens is 1. The molecule has 1 atom stereocenters.